The van der Waals surface area contributed by atoms with E-state index in [1.54, 1.807) is 18.3 Å². The van der Waals surface area contributed by atoms with E-state index in [-0.39, 0.29) is 24.3 Å². The molecule has 2 unspecified atom stereocenters. The van der Waals surface area contributed by atoms with Crippen LogP contribution in [0, 0.1) is 5.92 Å². The van der Waals surface area contributed by atoms with Gasteiger partial charge in [-0.05, 0) is 45.1 Å². The van der Waals surface area contributed by atoms with Gasteiger partial charge in [0.25, 0.3) is 0 Å². The lowest BCUT2D eigenvalue weighted by molar-refractivity contribution is 0.134. The first-order valence-corrected chi connectivity index (χ1v) is 8.88. The van der Waals surface area contributed by atoms with Crippen molar-refractivity contribution < 1.29 is 13.2 Å². The molecule has 0 amide bonds. The minimum absolute atomic E-state index is 0. The quantitative estimate of drug-likeness (QED) is 0.825. The molecular formula is C13H27ClN2O3S. The lowest BCUT2D eigenvalue weighted by Crippen LogP contribution is -2.45. The number of methoxy groups -OCH3 is 1. The van der Waals surface area contributed by atoms with Gasteiger partial charge in [-0.15, -0.1) is 12.4 Å². The van der Waals surface area contributed by atoms with Gasteiger partial charge in [0.15, 0.2) is 0 Å². The maximum atomic E-state index is 12.2. The highest BCUT2D eigenvalue weighted by atomic mass is 35.5. The first-order valence-electron chi connectivity index (χ1n) is 7.27. The molecule has 20 heavy (non-hydrogen) atoms. The van der Waals surface area contributed by atoms with Crippen molar-refractivity contribution in [2.75, 3.05) is 32.5 Å². The predicted molar refractivity (Wildman–Crippen MR) is 82.8 cm³/mol. The third-order valence-electron chi connectivity index (χ3n) is 4.41. The molecule has 120 valence electrons. The van der Waals surface area contributed by atoms with Gasteiger partial charge in [0, 0.05) is 26.2 Å². The Balaban J connectivity index is 0.00000200. The highest BCUT2D eigenvalue weighted by Crippen LogP contribution is 2.27. The summed E-state index contributed by atoms with van der Waals surface area (Å²) >= 11 is 0. The summed E-state index contributed by atoms with van der Waals surface area (Å²) in [6.07, 6.45) is 4.24. The highest BCUT2D eigenvalue weighted by molar-refractivity contribution is 7.89. The number of nitrogens with one attached hydrogen (secondary N) is 1. The van der Waals surface area contributed by atoms with Crippen LogP contribution in [0.1, 0.15) is 32.6 Å². The fraction of sp³-hybridized carbons (Fsp3) is 1.00. The van der Waals surface area contributed by atoms with Crippen molar-refractivity contribution in [2.45, 2.75) is 44.8 Å². The number of piperidine rings is 1. The number of nitrogens with zero attached hydrogens (tertiary/aromatic N) is 1. The molecule has 0 aromatic rings. The molecule has 2 aliphatic rings. The normalized spacial score (nSPS) is 27.2. The second kappa shape index (κ2) is 7.94. The SMILES string of the molecule is COC(C)CS(=O)(=O)N1CCC(C2CCCN2)CC1.Cl. The van der Waals surface area contributed by atoms with Gasteiger partial charge in [0.05, 0.1) is 11.9 Å². The molecule has 0 aromatic carbocycles. The smallest absolute Gasteiger partial charge is 0.216 e. The van der Waals surface area contributed by atoms with Crippen LogP contribution in [0.2, 0.25) is 0 Å². The molecule has 2 saturated heterocycles. The van der Waals surface area contributed by atoms with Crippen LogP contribution in [0.3, 0.4) is 0 Å². The van der Waals surface area contributed by atoms with Crippen LogP contribution in [0.5, 0.6) is 0 Å². The third-order valence-corrected chi connectivity index (χ3v) is 6.45. The minimum atomic E-state index is -3.15. The average molecular weight is 327 g/mol. The van der Waals surface area contributed by atoms with Gasteiger partial charge in [-0.2, -0.15) is 0 Å². The van der Waals surface area contributed by atoms with Gasteiger partial charge in [0.2, 0.25) is 10.0 Å². The summed E-state index contributed by atoms with van der Waals surface area (Å²) in [6, 6.07) is 0.614. The van der Waals surface area contributed by atoms with Crippen LogP contribution in [-0.4, -0.2) is 57.4 Å². The lowest BCUT2D eigenvalue weighted by Gasteiger charge is -2.34. The molecule has 2 fully saturated rings. The summed E-state index contributed by atoms with van der Waals surface area (Å²) in [5.41, 5.74) is 0. The summed E-state index contributed by atoms with van der Waals surface area (Å²) in [4.78, 5) is 0. The molecular weight excluding hydrogens is 300 g/mol. The Labute approximate surface area is 128 Å². The third kappa shape index (κ3) is 4.56. The second-order valence-electron chi connectivity index (χ2n) is 5.76. The standard InChI is InChI=1S/C13H26N2O3S.ClH/c1-11(18-2)10-19(16,17)15-8-5-12(6-9-15)13-4-3-7-14-13;/h11-14H,3-10H2,1-2H3;1H. The van der Waals surface area contributed by atoms with Gasteiger partial charge >= 0.3 is 0 Å². The summed E-state index contributed by atoms with van der Waals surface area (Å²) < 4.78 is 31.1. The molecule has 0 aromatic heterocycles. The Kier molecular flexibility index (Phi) is 7.21. The van der Waals surface area contributed by atoms with Crippen LogP contribution in [-0.2, 0) is 14.8 Å². The molecule has 0 saturated carbocycles. The molecule has 0 spiro atoms. The first kappa shape index (κ1) is 18.2. The topological polar surface area (TPSA) is 58.6 Å². The largest absolute Gasteiger partial charge is 0.381 e. The minimum Gasteiger partial charge on any atom is -0.381 e. The van der Waals surface area contributed by atoms with Crippen LogP contribution >= 0.6 is 12.4 Å². The van der Waals surface area contributed by atoms with E-state index in [2.05, 4.69) is 5.32 Å². The van der Waals surface area contributed by atoms with E-state index in [1.165, 1.54) is 12.8 Å². The van der Waals surface area contributed by atoms with Crippen molar-refractivity contribution in [3.63, 3.8) is 0 Å². The van der Waals surface area contributed by atoms with Crippen LogP contribution in [0.25, 0.3) is 0 Å². The molecule has 2 aliphatic heterocycles. The van der Waals surface area contributed by atoms with E-state index >= 15 is 0 Å². The van der Waals surface area contributed by atoms with Crippen molar-refractivity contribution in [3.05, 3.63) is 0 Å². The number of rotatable bonds is 5. The zero-order valence-electron chi connectivity index (χ0n) is 12.4. The molecule has 1 N–H and O–H groups in total. The van der Waals surface area contributed by atoms with E-state index in [1.807, 2.05) is 0 Å². The Morgan fingerprint density at radius 3 is 2.45 bits per heavy atom. The molecule has 2 atom stereocenters. The Morgan fingerprint density at radius 2 is 1.95 bits per heavy atom. The first-order chi connectivity index (χ1) is 9.03. The summed E-state index contributed by atoms with van der Waals surface area (Å²) in [5, 5.41) is 3.53. The molecule has 5 nitrogen and oxygen atoms in total. The van der Waals surface area contributed by atoms with Crippen molar-refractivity contribution >= 4 is 22.4 Å². The summed E-state index contributed by atoms with van der Waals surface area (Å²) in [7, 11) is -1.60. The fourth-order valence-corrected chi connectivity index (χ4v) is 4.85. The van der Waals surface area contributed by atoms with Crippen molar-refractivity contribution in [1.29, 1.82) is 0 Å². The van der Waals surface area contributed by atoms with Crippen LogP contribution < -0.4 is 5.32 Å². The molecule has 2 rings (SSSR count). The van der Waals surface area contributed by atoms with E-state index in [9.17, 15) is 8.42 Å². The average Bonchev–Trinajstić information content (AvgIpc) is 2.92. The van der Waals surface area contributed by atoms with Gasteiger partial charge in [-0.25, -0.2) is 12.7 Å². The number of halogens is 1. The fourth-order valence-electron chi connectivity index (χ4n) is 3.14. The highest BCUT2D eigenvalue weighted by Gasteiger charge is 2.33. The zero-order valence-corrected chi connectivity index (χ0v) is 14.0. The van der Waals surface area contributed by atoms with Crippen molar-refractivity contribution in [2.24, 2.45) is 5.92 Å². The number of sulfonamides is 1. The number of ether oxygens (including phenoxy) is 1. The van der Waals surface area contributed by atoms with E-state index in [0.717, 1.165) is 19.4 Å². The molecule has 7 heteroatoms. The molecule has 0 bridgehead atoms. The summed E-state index contributed by atoms with van der Waals surface area (Å²) in [6.45, 7) is 4.25. The number of hydrogen-bond acceptors (Lipinski definition) is 4. The monoisotopic (exact) mass is 326 g/mol. The number of hydrogen-bond donors (Lipinski definition) is 1. The van der Waals surface area contributed by atoms with Gasteiger partial charge < -0.3 is 10.1 Å². The zero-order chi connectivity index (χ0) is 13.9. The predicted octanol–water partition coefficient (Wildman–Crippen LogP) is 1.24. The molecule has 0 radical (unpaired) electrons. The Hall–Kier alpha value is 0.120. The summed E-state index contributed by atoms with van der Waals surface area (Å²) in [5.74, 6) is 0.740. The van der Waals surface area contributed by atoms with E-state index < -0.39 is 10.0 Å². The van der Waals surface area contributed by atoms with Crippen molar-refractivity contribution in [3.8, 4) is 0 Å². The van der Waals surface area contributed by atoms with E-state index in [0.29, 0.717) is 25.0 Å². The van der Waals surface area contributed by atoms with Crippen molar-refractivity contribution in [1.82, 2.24) is 9.62 Å². The molecule has 0 aliphatic carbocycles. The maximum Gasteiger partial charge on any atom is 0.216 e. The van der Waals surface area contributed by atoms with Gasteiger partial charge in [-0.1, -0.05) is 0 Å². The Bertz CT molecular complexity index is 377. The van der Waals surface area contributed by atoms with Gasteiger partial charge in [-0.3, -0.25) is 0 Å². The second-order valence-corrected chi connectivity index (χ2v) is 7.78. The van der Waals surface area contributed by atoms with Crippen LogP contribution in [0.4, 0.5) is 0 Å². The maximum absolute atomic E-state index is 12.2. The lowest BCUT2D eigenvalue weighted by atomic mass is 9.89. The van der Waals surface area contributed by atoms with Crippen LogP contribution in [0.15, 0.2) is 0 Å². The molecule has 2 heterocycles. The Morgan fingerprint density at radius 1 is 1.30 bits per heavy atom. The van der Waals surface area contributed by atoms with Gasteiger partial charge in [0.1, 0.15) is 0 Å². The van der Waals surface area contributed by atoms with E-state index in [4.69, 9.17) is 4.74 Å².